The second kappa shape index (κ2) is 7.59. The summed E-state index contributed by atoms with van der Waals surface area (Å²) in [6.07, 6.45) is 0. The van der Waals surface area contributed by atoms with Crippen molar-refractivity contribution >= 4 is 12.2 Å². The predicted octanol–water partition coefficient (Wildman–Crippen LogP) is 3.41. The minimum atomic E-state index is 0.442. The molecule has 0 bridgehead atoms. The first kappa shape index (κ1) is 17.3. The molecule has 130 valence electrons. The van der Waals surface area contributed by atoms with E-state index >= 15 is 0 Å². The van der Waals surface area contributed by atoms with Crippen LogP contribution in [0.1, 0.15) is 19.4 Å². The number of hydrogen-bond donors (Lipinski definition) is 0. The van der Waals surface area contributed by atoms with Crippen LogP contribution in [0.2, 0.25) is 0 Å². The van der Waals surface area contributed by atoms with Gasteiger partial charge in [-0.15, -0.1) is 5.10 Å². The third-order valence-electron chi connectivity index (χ3n) is 4.40. The predicted molar refractivity (Wildman–Crippen MR) is 98.4 cm³/mol. The molecule has 0 spiro atoms. The summed E-state index contributed by atoms with van der Waals surface area (Å²) >= 11 is 5.36. The van der Waals surface area contributed by atoms with E-state index in [1.165, 1.54) is 6.54 Å². The molecular formula is C18H26N4OS. The van der Waals surface area contributed by atoms with Crippen molar-refractivity contribution in [2.45, 2.75) is 27.4 Å². The molecular weight excluding hydrogens is 320 g/mol. The molecule has 2 aromatic rings. The Morgan fingerprint density at radius 1 is 1.12 bits per heavy atom. The highest BCUT2D eigenvalue weighted by Crippen LogP contribution is 2.21. The van der Waals surface area contributed by atoms with Gasteiger partial charge in [-0.05, 0) is 36.7 Å². The van der Waals surface area contributed by atoms with Crippen LogP contribution in [0.4, 0.5) is 0 Å². The third kappa shape index (κ3) is 4.12. The Balaban J connectivity index is 1.65. The van der Waals surface area contributed by atoms with Crippen molar-refractivity contribution in [2.75, 3.05) is 32.7 Å². The normalized spacial score (nSPS) is 16.8. The van der Waals surface area contributed by atoms with Gasteiger partial charge in [-0.1, -0.05) is 32.0 Å². The van der Waals surface area contributed by atoms with E-state index in [1.807, 2.05) is 18.2 Å². The van der Waals surface area contributed by atoms with E-state index in [9.17, 15) is 0 Å². The third-order valence-corrected chi connectivity index (χ3v) is 4.70. The van der Waals surface area contributed by atoms with Crippen LogP contribution < -0.4 is 0 Å². The number of hydrogen-bond acceptors (Lipinski definition) is 5. The summed E-state index contributed by atoms with van der Waals surface area (Å²) in [5, 5.41) is 4.59. The quantitative estimate of drug-likeness (QED) is 0.776. The van der Waals surface area contributed by atoms with Crippen molar-refractivity contribution in [1.82, 2.24) is 19.6 Å². The van der Waals surface area contributed by atoms with E-state index in [-0.39, 0.29) is 0 Å². The lowest BCUT2D eigenvalue weighted by Gasteiger charge is -2.35. The van der Waals surface area contributed by atoms with Gasteiger partial charge >= 0.3 is 0 Å². The van der Waals surface area contributed by atoms with Gasteiger partial charge in [-0.25, -0.2) is 4.68 Å². The smallest absolute Gasteiger partial charge is 0.288 e. The fourth-order valence-electron chi connectivity index (χ4n) is 3.14. The lowest BCUT2D eigenvalue weighted by molar-refractivity contribution is 0.0944. The molecule has 1 aromatic heterocycles. The van der Waals surface area contributed by atoms with E-state index < -0.39 is 0 Å². The van der Waals surface area contributed by atoms with Gasteiger partial charge < -0.3 is 9.32 Å². The van der Waals surface area contributed by atoms with E-state index in [1.54, 1.807) is 4.68 Å². The summed E-state index contributed by atoms with van der Waals surface area (Å²) in [5.41, 5.74) is 2.15. The van der Waals surface area contributed by atoms with E-state index in [0.717, 1.165) is 43.2 Å². The largest absolute Gasteiger partial charge is 0.409 e. The first-order valence-electron chi connectivity index (χ1n) is 8.61. The molecule has 6 heteroatoms. The highest BCUT2D eigenvalue weighted by Gasteiger charge is 2.19. The lowest BCUT2D eigenvalue weighted by atomic mass is 10.1. The fourth-order valence-corrected chi connectivity index (χ4v) is 3.31. The Hall–Kier alpha value is -1.50. The maximum atomic E-state index is 5.73. The summed E-state index contributed by atoms with van der Waals surface area (Å²) in [6.45, 7) is 12.8. The number of rotatable bonds is 5. The highest BCUT2D eigenvalue weighted by molar-refractivity contribution is 7.71. The van der Waals surface area contributed by atoms with Crippen molar-refractivity contribution in [1.29, 1.82) is 0 Å². The van der Waals surface area contributed by atoms with Crippen molar-refractivity contribution in [3.05, 3.63) is 34.7 Å². The molecule has 0 unspecified atom stereocenters. The average Bonchev–Trinajstić information content (AvgIpc) is 2.90. The Morgan fingerprint density at radius 2 is 1.79 bits per heavy atom. The molecule has 0 N–H and O–H groups in total. The van der Waals surface area contributed by atoms with Gasteiger partial charge in [0.25, 0.3) is 4.84 Å². The summed E-state index contributed by atoms with van der Waals surface area (Å²) in [4.78, 5) is 5.36. The van der Waals surface area contributed by atoms with Gasteiger partial charge in [-0.2, -0.15) is 0 Å². The molecule has 24 heavy (non-hydrogen) atoms. The molecule has 0 amide bonds. The minimum absolute atomic E-state index is 0.442. The van der Waals surface area contributed by atoms with Gasteiger partial charge in [0, 0.05) is 38.3 Å². The number of piperazine rings is 1. The Labute approximate surface area is 148 Å². The Kier molecular flexibility index (Phi) is 5.48. The van der Waals surface area contributed by atoms with Gasteiger partial charge in [0.1, 0.15) is 0 Å². The summed E-state index contributed by atoms with van der Waals surface area (Å²) < 4.78 is 7.53. The standard InChI is InChI=1S/C18H26N4OS/c1-14(2)12-20-8-10-21(11-9-20)13-22-18(24)23-17(19-22)16-7-5-4-6-15(16)3/h4-7,14H,8-13H2,1-3H3. The minimum Gasteiger partial charge on any atom is -0.409 e. The summed E-state index contributed by atoms with van der Waals surface area (Å²) in [7, 11) is 0. The number of aryl methyl sites for hydroxylation is 1. The summed E-state index contributed by atoms with van der Waals surface area (Å²) in [6, 6.07) is 8.08. The molecule has 1 aliphatic heterocycles. The van der Waals surface area contributed by atoms with Crippen LogP contribution in [0.15, 0.2) is 28.7 Å². The van der Waals surface area contributed by atoms with Crippen LogP contribution in [-0.2, 0) is 6.67 Å². The fraction of sp³-hybridized carbons (Fsp3) is 0.556. The highest BCUT2D eigenvalue weighted by atomic mass is 32.1. The monoisotopic (exact) mass is 346 g/mol. The molecule has 5 nitrogen and oxygen atoms in total. The molecule has 1 fully saturated rings. The molecule has 1 saturated heterocycles. The topological polar surface area (TPSA) is 37.4 Å². The van der Waals surface area contributed by atoms with Crippen molar-refractivity contribution in [2.24, 2.45) is 5.92 Å². The van der Waals surface area contributed by atoms with E-state index in [4.69, 9.17) is 16.6 Å². The van der Waals surface area contributed by atoms with Crippen LogP contribution in [0.3, 0.4) is 0 Å². The van der Waals surface area contributed by atoms with Gasteiger partial charge in [0.2, 0.25) is 5.89 Å². The lowest BCUT2D eigenvalue weighted by Crippen LogP contribution is -2.47. The summed E-state index contributed by atoms with van der Waals surface area (Å²) in [5.74, 6) is 1.33. The van der Waals surface area contributed by atoms with Crippen LogP contribution in [0, 0.1) is 17.7 Å². The first-order valence-corrected chi connectivity index (χ1v) is 9.02. The maximum absolute atomic E-state index is 5.73. The average molecular weight is 347 g/mol. The molecule has 0 saturated carbocycles. The zero-order chi connectivity index (χ0) is 17.1. The molecule has 0 atom stereocenters. The van der Waals surface area contributed by atoms with Gasteiger partial charge in [0.15, 0.2) is 0 Å². The van der Waals surface area contributed by atoms with E-state index in [2.05, 4.69) is 41.7 Å². The molecule has 1 aliphatic rings. The second-order valence-corrected chi connectivity index (χ2v) is 7.29. The number of nitrogens with zero attached hydrogens (tertiary/aromatic N) is 4. The van der Waals surface area contributed by atoms with Crippen LogP contribution >= 0.6 is 12.2 Å². The number of benzene rings is 1. The first-order chi connectivity index (χ1) is 11.5. The maximum Gasteiger partial charge on any atom is 0.288 e. The van der Waals surface area contributed by atoms with Crippen LogP contribution in [0.5, 0.6) is 0 Å². The van der Waals surface area contributed by atoms with Gasteiger partial charge in [0.05, 0.1) is 6.67 Å². The Morgan fingerprint density at radius 3 is 2.46 bits per heavy atom. The zero-order valence-corrected chi connectivity index (χ0v) is 15.6. The zero-order valence-electron chi connectivity index (χ0n) is 14.7. The van der Waals surface area contributed by atoms with Crippen molar-refractivity contribution in [3.63, 3.8) is 0 Å². The molecule has 2 heterocycles. The van der Waals surface area contributed by atoms with Crippen molar-refractivity contribution < 1.29 is 4.42 Å². The second-order valence-electron chi connectivity index (χ2n) is 6.94. The van der Waals surface area contributed by atoms with Crippen molar-refractivity contribution in [3.8, 4) is 11.5 Å². The molecule has 3 rings (SSSR count). The van der Waals surface area contributed by atoms with Crippen LogP contribution in [0.25, 0.3) is 11.5 Å². The molecule has 0 aliphatic carbocycles. The SMILES string of the molecule is Cc1ccccc1-c1nn(CN2CCN(CC(C)C)CC2)c(=S)o1. The Bertz CT molecular complexity index is 729. The number of aromatic nitrogens is 2. The van der Waals surface area contributed by atoms with E-state index in [0.29, 0.717) is 17.4 Å². The van der Waals surface area contributed by atoms with Crippen LogP contribution in [-0.4, -0.2) is 52.3 Å². The molecule has 0 radical (unpaired) electrons. The van der Waals surface area contributed by atoms with Gasteiger partial charge in [-0.3, -0.25) is 4.90 Å². The molecule has 1 aromatic carbocycles.